The van der Waals surface area contributed by atoms with Crippen LogP contribution >= 0.6 is 0 Å². The summed E-state index contributed by atoms with van der Waals surface area (Å²) < 4.78 is 5.65. The normalized spacial score (nSPS) is 17.7. The third kappa shape index (κ3) is 4.40. The van der Waals surface area contributed by atoms with Crippen molar-refractivity contribution < 1.29 is 9.53 Å². The van der Waals surface area contributed by atoms with Gasteiger partial charge in [0.05, 0.1) is 25.7 Å². The number of benzene rings is 1. The molecule has 5 nitrogen and oxygen atoms in total. The van der Waals surface area contributed by atoms with Gasteiger partial charge in [0.2, 0.25) is 5.91 Å². The number of ether oxygens (including phenoxy) is 1. The van der Waals surface area contributed by atoms with Gasteiger partial charge in [0.15, 0.2) is 0 Å². The van der Waals surface area contributed by atoms with Crippen LogP contribution in [-0.2, 0) is 16.1 Å². The monoisotopic (exact) mass is 325 g/mol. The minimum atomic E-state index is 0.0501. The molecule has 24 heavy (non-hydrogen) atoms. The molecule has 2 aromatic rings. The molecule has 1 unspecified atom stereocenters. The fraction of sp³-hybridized carbons (Fsp3) is 0.368. The molecule has 0 saturated carbocycles. The van der Waals surface area contributed by atoms with E-state index in [0.717, 1.165) is 30.8 Å². The van der Waals surface area contributed by atoms with Crippen molar-refractivity contribution in [3.63, 3.8) is 0 Å². The molecule has 0 aliphatic carbocycles. The summed E-state index contributed by atoms with van der Waals surface area (Å²) in [5.41, 5.74) is 2.20. The third-order valence-electron chi connectivity index (χ3n) is 4.20. The molecular formula is C19H23N3O2. The Kier molecular flexibility index (Phi) is 5.93. The number of carbonyl (C=O) groups excluding carboxylic acids is 1. The van der Waals surface area contributed by atoms with Crippen LogP contribution in [0.25, 0.3) is 0 Å². The fourth-order valence-electron chi connectivity index (χ4n) is 2.94. The first-order valence-corrected chi connectivity index (χ1v) is 8.36. The van der Waals surface area contributed by atoms with Gasteiger partial charge in [0, 0.05) is 32.0 Å². The second kappa shape index (κ2) is 8.57. The molecule has 0 radical (unpaired) electrons. The van der Waals surface area contributed by atoms with Crippen LogP contribution in [0.2, 0.25) is 0 Å². The van der Waals surface area contributed by atoms with E-state index in [-0.39, 0.29) is 11.9 Å². The molecule has 2 heterocycles. The Morgan fingerprint density at radius 3 is 2.92 bits per heavy atom. The Morgan fingerprint density at radius 2 is 2.12 bits per heavy atom. The van der Waals surface area contributed by atoms with E-state index >= 15 is 0 Å². The Morgan fingerprint density at radius 1 is 1.25 bits per heavy atom. The second-order valence-electron chi connectivity index (χ2n) is 5.88. The van der Waals surface area contributed by atoms with Gasteiger partial charge in [-0.1, -0.05) is 36.4 Å². The molecule has 5 heteroatoms. The first-order chi connectivity index (χ1) is 11.8. The largest absolute Gasteiger partial charge is 0.376 e. The lowest BCUT2D eigenvalue weighted by Crippen LogP contribution is -2.48. The average Bonchev–Trinajstić information content (AvgIpc) is 2.66. The summed E-state index contributed by atoms with van der Waals surface area (Å²) in [4.78, 5) is 18.7. The minimum Gasteiger partial charge on any atom is -0.376 e. The van der Waals surface area contributed by atoms with Crippen molar-refractivity contribution in [2.75, 3.05) is 26.2 Å². The number of nitrogens with zero attached hydrogens (tertiary/aromatic N) is 2. The van der Waals surface area contributed by atoms with Crippen molar-refractivity contribution in [3.8, 4) is 0 Å². The van der Waals surface area contributed by atoms with Crippen LogP contribution in [0.15, 0.2) is 54.9 Å². The van der Waals surface area contributed by atoms with Crippen molar-refractivity contribution in [1.29, 1.82) is 0 Å². The standard InChI is InChI=1S/C19H23N3O2/c23-19(8-12-24-15-16-5-2-1-3-6-16)22-11-10-21-14-18(22)17-7-4-9-20-13-17/h1-7,9,13,18,21H,8,10-12,14-15H2. The highest BCUT2D eigenvalue weighted by atomic mass is 16.5. The zero-order valence-corrected chi connectivity index (χ0v) is 13.7. The Balaban J connectivity index is 1.51. The zero-order chi connectivity index (χ0) is 16.6. The molecule has 1 amide bonds. The SMILES string of the molecule is O=C(CCOCc1ccccc1)N1CCNCC1c1cccnc1. The summed E-state index contributed by atoms with van der Waals surface area (Å²) in [6, 6.07) is 14.0. The number of aromatic nitrogens is 1. The number of nitrogens with one attached hydrogen (secondary N) is 1. The maximum atomic E-state index is 12.6. The molecule has 0 spiro atoms. The minimum absolute atomic E-state index is 0.0501. The predicted molar refractivity (Wildman–Crippen MR) is 92.3 cm³/mol. The molecule has 0 bridgehead atoms. The highest BCUT2D eigenvalue weighted by Gasteiger charge is 2.27. The first kappa shape index (κ1) is 16.6. The maximum absolute atomic E-state index is 12.6. The quantitative estimate of drug-likeness (QED) is 0.827. The number of rotatable bonds is 6. The predicted octanol–water partition coefficient (Wildman–Crippen LogP) is 2.16. The smallest absolute Gasteiger partial charge is 0.225 e. The molecule has 1 atom stereocenters. The molecular weight excluding hydrogens is 302 g/mol. The highest BCUT2D eigenvalue weighted by molar-refractivity contribution is 5.77. The molecule has 3 rings (SSSR count). The maximum Gasteiger partial charge on any atom is 0.225 e. The Labute approximate surface area is 142 Å². The van der Waals surface area contributed by atoms with Gasteiger partial charge >= 0.3 is 0 Å². The summed E-state index contributed by atoms with van der Waals surface area (Å²) in [7, 11) is 0. The number of carbonyl (C=O) groups is 1. The molecule has 1 aliphatic heterocycles. The zero-order valence-electron chi connectivity index (χ0n) is 13.7. The van der Waals surface area contributed by atoms with Crippen molar-refractivity contribution in [3.05, 3.63) is 66.0 Å². The van der Waals surface area contributed by atoms with Gasteiger partial charge < -0.3 is 15.0 Å². The summed E-state index contributed by atoms with van der Waals surface area (Å²) >= 11 is 0. The van der Waals surface area contributed by atoms with E-state index in [1.165, 1.54) is 0 Å². The average molecular weight is 325 g/mol. The van der Waals surface area contributed by atoms with Gasteiger partial charge in [-0.05, 0) is 17.2 Å². The number of pyridine rings is 1. The van der Waals surface area contributed by atoms with Crippen LogP contribution in [-0.4, -0.2) is 42.0 Å². The van der Waals surface area contributed by atoms with E-state index < -0.39 is 0 Å². The Bertz CT molecular complexity index is 634. The fourth-order valence-corrected chi connectivity index (χ4v) is 2.94. The molecule has 1 fully saturated rings. The second-order valence-corrected chi connectivity index (χ2v) is 5.88. The van der Waals surface area contributed by atoms with Crippen LogP contribution in [0.3, 0.4) is 0 Å². The number of piperazine rings is 1. The lowest BCUT2D eigenvalue weighted by Gasteiger charge is -2.36. The first-order valence-electron chi connectivity index (χ1n) is 8.36. The van der Waals surface area contributed by atoms with E-state index in [4.69, 9.17) is 4.74 Å². The number of hydrogen-bond acceptors (Lipinski definition) is 4. The summed E-state index contributed by atoms with van der Waals surface area (Å²) in [6.45, 7) is 3.30. The van der Waals surface area contributed by atoms with Crippen molar-refractivity contribution in [2.45, 2.75) is 19.1 Å². The molecule has 1 saturated heterocycles. The van der Waals surface area contributed by atoms with Crippen LogP contribution in [0.4, 0.5) is 0 Å². The molecule has 1 N–H and O–H groups in total. The molecule has 1 aliphatic rings. The van der Waals surface area contributed by atoms with Gasteiger partial charge in [-0.15, -0.1) is 0 Å². The number of amides is 1. The van der Waals surface area contributed by atoms with Gasteiger partial charge in [-0.2, -0.15) is 0 Å². The Hall–Kier alpha value is -2.24. The van der Waals surface area contributed by atoms with E-state index in [2.05, 4.69) is 10.3 Å². The van der Waals surface area contributed by atoms with E-state index in [0.29, 0.717) is 19.6 Å². The molecule has 126 valence electrons. The van der Waals surface area contributed by atoms with E-state index in [9.17, 15) is 4.79 Å². The van der Waals surface area contributed by atoms with Gasteiger partial charge in [-0.3, -0.25) is 9.78 Å². The highest BCUT2D eigenvalue weighted by Crippen LogP contribution is 2.22. The summed E-state index contributed by atoms with van der Waals surface area (Å²) in [6.07, 6.45) is 4.00. The van der Waals surface area contributed by atoms with Crippen molar-refractivity contribution in [2.24, 2.45) is 0 Å². The molecule has 1 aromatic heterocycles. The summed E-state index contributed by atoms with van der Waals surface area (Å²) in [5.74, 6) is 0.137. The van der Waals surface area contributed by atoms with Crippen LogP contribution in [0.5, 0.6) is 0 Å². The van der Waals surface area contributed by atoms with Gasteiger partial charge in [0.25, 0.3) is 0 Å². The lowest BCUT2D eigenvalue weighted by molar-refractivity contribution is -0.135. The van der Waals surface area contributed by atoms with Gasteiger partial charge in [-0.25, -0.2) is 0 Å². The number of hydrogen-bond donors (Lipinski definition) is 1. The molecule has 1 aromatic carbocycles. The van der Waals surface area contributed by atoms with Crippen LogP contribution in [0.1, 0.15) is 23.6 Å². The third-order valence-corrected chi connectivity index (χ3v) is 4.20. The lowest BCUT2D eigenvalue weighted by atomic mass is 10.0. The van der Waals surface area contributed by atoms with Crippen molar-refractivity contribution >= 4 is 5.91 Å². The van der Waals surface area contributed by atoms with Crippen LogP contribution < -0.4 is 5.32 Å². The topological polar surface area (TPSA) is 54.5 Å². The summed E-state index contributed by atoms with van der Waals surface area (Å²) in [5, 5.41) is 3.35. The van der Waals surface area contributed by atoms with Crippen molar-refractivity contribution in [1.82, 2.24) is 15.2 Å². The van der Waals surface area contributed by atoms with E-state index in [1.54, 1.807) is 6.20 Å². The van der Waals surface area contributed by atoms with Gasteiger partial charge in [0.1, 0.15) is 0 Å². The van der Waals surface area contributed by atoms with Crippen LogP contribution in [0, 0.1) is 0 Å². The van der Waals surface area contributed by atoms with E-state index in [1.807, 2.05) is 53.6 Å².